The minimum Gasteiger partial charge on any atom is -0.374 e. The van der Waals surface area contributed by atoms with Crippen LogP contribution in [0.3, 0.4) is 0 Å². The monoisotopic (exact) mass is 380 g/mol. The minimum absolute atomic E-state index is 0.324. The summed E-state index contributed by atoms with van der Waals surface area (Å²) < 4.78 is 3.78. The van der Waals surface area contributed by atoms with Crippen LogP contribution in [0.25, 0.3) is 10.9 Å². The molecule has 2 nitrogen and oxygen atoms in total. The van der Waals surface area contributed by atoms with Gasteiger partial charge < -0.3 is 9.13 Å². The summed E-state index contributed by atoms with van der Waals surface area (Å²) in [5.74, 6) is 0. The van der Waals surface area contributed by atoms with Crippen LogP contribution in [0.1, 0.15) is 26.3 Å². The predicted molar refractivity (Wildman–Crippen MR) is 104 cm³/mol. The third-order valence-corrected chi connectivity index (χ3v) is 10.9. The number of hydrogen-bond donors (Lipinski definition) is 0. The number of likely N-dealkylation sites (N-methyl/N-ethyl adjacent to an activating group) is 1. The summed E-state index contributed by atoms with van der Waals surface area (Å²) in [7, 11) is 2.67. The van der Waals surface area contributed by atoms with Crippen molar-refractivity contribution in [1.29, 1.82) is 0 Å². The second-order valence-electron chi connectivity index (χ2n) is 8.05. The highest BCUT2D eigenvalue weighted by Gasteiger charge is 2.38. The normalized spacial score (nSPS) is 13.3. The highest BCUT2D eigenvalue weighted by atomic mass is 79.9. The summed E-state index contributed by atoms with van der Waals surface area (Å²) in [6.07, 6.45) is 3.53. The van der Waals surface area contributed by atoms with E-state index in [1.807, 2.05) is 0 Å². The molecule has 0 amide bonds. The van der Waals surface area contributed by atoms with Gasteiger partial charge in [-0.15, -0.1) is 0 Å². The molecular weight excluding hydrogens is 352 g/mol. The van der Waals surface area contributed by atoms with Crippen LogP contribution in [-0.4, -0.2) is 38.0 Å². The van der Waals surface area contributed by atoms with Gasteiger partial charge in [-0.3, -0.25) is 0 Å². The van der Waals surface area contributed by atoms with Crippen LogP contribution < -0.4 is 0 Å². The summed E-state index contributed by atoms with van der Waals surface area (Å²) >= 11 is 3.64. The van der Waals surface area contributed by atoms with E-state index in [0.29, 0.717) is 5.04 Å². The molecule has 1 heterocycles. The van der Waals surface area contributed by atoms with Crippen LogP contribution in [0.5, 0.6) is 0 Å². The molecule has 0 bridgehead atoms. The highest BCUT2D eigenvalue weighted by Crippen LogP contribution is 2.40. The van der Waals surface area contributed by atoms with Crippen molar-refractivity contribution >= 4 is 35.1 Å². The first-order valence-electron chi connectivity index (χ1n) is 7.99. The maximum atomic E-state index is 3.64. The van der Waals surface area contributed by atoms with Crippen molar-refractivity contribution in [2.24, 2.45) is 0 Å². The number of aromatic nitrogens is 1. The molecule has 0 spiro atoms. The van der Waals surface area contributed by atoms with Gasteiger partial charge in [-0.1, -0.05) is 49.8 Å². The average molecular weight is 381 g/mol. The van der Waals surface area contributed by atoms with E-state index in [4.69, 9.17) is 0 Å². The molecule has 0 saturated heterocycles. The lowest BCUT2D eigenvalue weighted by Crippen LogP contribution is -2.44. The molecule has 0 saturated carbocycles. The zero-order valence-electron chi connectivity index (χ0n) is 15.0. The Bertz CT molecular complexity index is 666. The third kappa shape index (κ3) is 3.34. The molecule has 1 aromatic carbocycles. The molecule has 0 fully saturated rings. The Morgan fingerprint density at radius 2 is 1.82 bits per heavy atom. The van der Waals surface area contributed by atoms with Gasteiger partial charge in [-0.05, 0) is 55.5 Å². The second-order valence-corrected chi connectivity index (χ2v) is 14.1. The Morgan fingerprint density at radius 1 is 1.18 bits per heavy atom. The SMILES string of the molecule is CN(C)CCc1cn([Si](C)(C)C(C)(C)C)c2ccc(Br)cc12. The van der Waals surface area contributed by atoms with Crippen molar-refractivity contribution in [3.05, 3.63) is 34.4 Å². The van der Waals surface area contributed by atoms with Crippen LogP contribution in [0.4, 0.5) is 0 Å². The number of hydrogen-bond acceptors (Lipinski definition) is 1. The van der Waals surface area contributed by atoms with E-state index >= 15 is 0 Å². The van der Waals surface area contributed by atoms with Crippen LogP contribution in [0, 0.1) is 0 Å². The topological polar surface area (TPSA) is 8.17 Å². The molecule has 4 heteroatoms. The van der Waals surface area contributed by atoms with E-state index in [1.165, 1.54) is 20.9 Å². The molecule has 2 aromatic rings. The van der Waals surface area contributed by atoms with Crippen molar-refractivity contribution in [1.82, 2.24) is 9.13 Å². The zero-order chi connectivity index (χ0) is 16.7. The quantitative estimate of drug-likeness (QED) is 0.647. The van der Waals surface area contributed by atoms with Crippen molar-refractivity contribution in [3.63, 3.8) is 0 Å². The molecule has 0 radical (unpaired) electrons. The molecule has 0 aliphatic heterocycles. The van der Waals surface area contributed by atoms with Gasteiger partial charge in [-0.2, -0.15) is 0 Å². The summed E-state index contributed by atoms with van der Waals surface area (Å²) in [6, 6.07) is 6.73. The van der Waals surface area contributed by atoms with Gasteiger partial charge in [0.2, 0.25) is 0 Å². The fourth-order valence-corrected chi connectivity index (χ4v) is 5.00. The molecule has 122 valence electrons. The smallest absolute Gasteiger partial charge is 0.161 e. The van der Waals surface area contributed by atoms with Gasteiger partial charge >= 0.3 is 0 Å². The standard InChI is InChI=1S/C18H29BrN2Si/c1-18(2,3)22(6,7)21-13-14(10-11-20(4)5)16-12-15(19)8-9-17(16)21/h8-9,12-13H,10-11H2,1-7H3. The Hall–Kier alpha value is -0.583. The number of halogens is 1. The number of rotatable bonds is 4. The zero-order valence-corrected chi connectivity index (χ0v) is 17.6. The average Bonchev–Trinajstić information content (AvgIpc) is 2.73. The number of fused-ring (bicyclic) bond motifs is 1. The molecule has 0 aliphatic carbocycles. The maximum absolute atomic E-state index is 3.64. The predicted octanol–water partition coefficient (Wildman–Crippen LogP) is 5.36. The van der Waals surface area contributed by atoms with Crippen LogP contribution in [0.2, 0.25) is 18.1 Å². The van der Waals surface area contributed by atoms with Crippen molar-refractivity contribution < 1.29 is 0 Å². The Kier molecular flexibility index (Phi) is 4.96. The molecule has 0 atom stereocenters. The van der Waals surface area contributed by atoms with E-state index in [0.717, 1.165) is 13.0 Å². The maximum Gasteiger partial charge on any atom is 0.161 e. The Labute approximate surface area is 144 Å². The molecule has 2 rings (SSSR count). The lowest BCUT2D eigenvalue weighted by Gasteiger charge is -2.38. The first-order chi connectivity index (χ1) is 10.0. The molecule has 1 aromatic heterocycles. The lowest BCUT2D eigenvalue weighted by molar-refractivity contribution is 0.414. The Morgan fingerprint density at radius 3 is 2.36 bits per heavy atom. The first kappa shape index (κ1) is 17.8. The first-order valence-corrected chi connectivity index (χ1v) is 11.7. The molecule has 0 aliphatic rings. The highest BCUT2D eigenvalue weighted by molar-refractivity contribution is 9.10. The fraction of sp³-hybridized carbons (Fsp3) is 0.556. The van der Waals surface area contributed by atoms with Crippen LogP contribution in [0.15, 0.2) is 28.9 Å². The Balaban J connectivity index is 2.61. The van der Waals surface area contributed by atoms with E-state index in [1.54, 1.807) is 0 Å². The summed E-state index contributed by atoms with van der Waals surface area (Å²) in [4.78, 5) is 2.26. The van der Waals surface area contributed by atoms with E-state index in [2.05, 4.69) is 97.4 Å². The fourth-order valence-electron chi connectivity index (χ4n) is 2.64. The van der Waals surface area contributed by atoms with Gasteiger partial charge in [0.15, 0.2) is 8.24 Å². The largest absolute Gasteiger partial charge is 0.374 e. The number of nitrogens with zero attached hydrogens (tertiary/aromatic N) is 2. The van der Waals surface area contributed by atoms with E-state index < -0.39 is 8.24 Å². The van der Waals surface area contributed by atoms with Gasteiger partial charge in [0.05, 0.1) is 0 Å². The molecule has 0 unspecified atom stereocenters. The summed E-state index contributed by atoms with van der Waals surface area (Å²) in [5.41, 5.74) is 2.86. The molecular formula is C18H29BrN2Si. The van der Waals surface area contributed by atoms with Crippen molar-refractivity contribution in [2.45, 2.75) is 45.3 Å². The van der Waals surface area contributed by atoms with E-state index in [-0.39, 0.29) is 0 Å². The summed E-state index contributed by atoms with van der Waals surface area (Å²) in [6.45, 7) is 13.2. The van der Waals surface area contributed by atoms with Gasteiger partial charge in [0.25, 0.3) is 0 Å². The van der Waals surface area contributed by atoms with Gasteiger partial charge in [0.1, 0.15) is 0 Å². The summed E-state index contributed by atoms with van der Waals surface area (Å²) in [5, 5.41) is 1.73. The van der Waals surface area contributed by atoms with Gasteiger partial charge in [-0.25, -0.2) is 0 Å². The third-order valence-electron chi connectivity index (χ3n) is 5.12. The van der Waals surface area contributed by atoms with Crippen LogP contribution >= 0.6 is 15.9 Å². The minimum atomic E-state index is -1.61. The second kappa shape index (κ2) is 6.14. The van der Waals surface area contributed by atoms with E-state index in [9.17, 15) is 0 Å². The molecule has 22 heavy (non-hydrogen) atoms. The van der Waals surface area contributed by atoms with Crippen molar-refractivity contribution in [2.75, 3.05) is 20.6 Å². The van der Waals surface area contributed by atoms with Crippen LogP contribution in [-0.2, 0) is 6.42 Å². The van der Waals surface area contributed by atoms with Gasteiger partial charge in [0, 0.05) is 21.9 Å². The lowest BCUT2D eigenvalue weighted by atomic mass is 10.1. The molecule has 0 N–H and O–H groups in total. The number of benzene rings is 1. The van der Waals surface area contributed by atoms with Crippen molar-refractivity contribution in [3.8, 4) is 0 Å².